The van der Waals surface area contributed by atoms with Gasteiger partial charge in [0.05, 0.1) is 28.5 Å². The Morgan fingerprint density at radius 1 is 1.03 bits per heavy atom. The maximum absolute atomic E-state index is 13.0. The van der Waals surface area contributed by atoms with E-state index in [1.54, 1.807) is 19.1 Å². The molecular formula is C26H18BrF3N2O6S. The number of carbonyl (C=O) groups excluding carboxylic acids is 2. The molecule has 3 aromatic rings. The Bertz CT molecular complexity index is 1480. The standard InChI is InChI=1S/C26H18BrF3N2O6S/c1-2-37-22-11-16(12-23-24(33)31(25(34)39-23)14-15-3-7-18(27)8-4-15)5-9-21(22)38-20-10-6-17(26(28,29)30)13-19(20)32(35)36/h3-13H,2,14H2,1H3/b23-12+. The van der Waals surface area contributed by atoms with E-state index in [1.807, 2.05) is 12.1 Å². The minimum Gasteiger partial charge on any atom is -0.490 e. The number of hydrogen-bond donors (Lipinski definition) is 0. The summed E-state index contributed by atoms with van der Waals surface area (Å²) in [4.78, 5) is 37.2. The van der Waals surface area contributed by atoms with Crippen molar-refractivity contribution in [3.8, 4) is 17.2 Å². The molecule has 0 N–H and O–H groups in total. The summed E-state index contributed by atoms with van der Waals surface area (Å²) < 4.78 is 51.1. The number of nitrogens with zero attached hydrogens (tertiary/aromatic N) is 2. The minimum atomic E-state index is -4.76. The summed E-state index contributed by atoms with van der Waals surface area (Å²) >= 11 is 4.12. The van der Waals surface area contributed by atoms with E-state index in [1.165, 1.54) is 24.3 Å². The number of nitro groups is 1. The lowest BCUT2D eigenvalue weighted by Crippen LogP contribution is -2.27. The highest BCUT2D eigenvalue weighted by Crippen LogP contribution is 2.41. The van der Waals surface area contributed by atoms with Crippen LogP contribution in [0.5, 0.6) is 17.2 Å². The molecule has 1 heterocycles. The normalized spacial score (nSPS) is 14.7. The van der Waals surface area contributed by atoms with E-state index in [2.05, 4.69) is 15.9 Å². The first kappa shape index (κ1) is 28.2. The summed E-state index contributed by atoms with van der Waals surface area (Å²) in [6.45, 7) is 1.97. The van der Waals surface area contributed by atoms with E-state index in [4.69, 9.17) is 9.47 Å². The first-order valence-corrected chi connectivity index (χ1v) is 12.9. The second-order valence-corrected chi connectivity index (χ2v) is 9.98. The van der Waals surface area contributed by atoms with Gasteiger partial charge in [-0.25, -0.2) is 0 Å². The van der Waals surface area contributed by atoms with Gasteiger partial charge < -0.3 is 9.47 Å². The molecule has 2 amide bonds. The summed E-state index contributed by atoms with van der Waals surface area (Å²) in [5.74, 6) is -0.725. The zero-order valence-electron chi connectivity index (χ0n) is 20.0. The molecule has 1 aliphatic heterocycles. The molecule has 0 spiro atoms. The lowest BCUT2D eigenvalue weighted by molar-refractivity contribution is -0.385. The van der Waals surface area contributed by atoms with Gasteiger partial charge in [0.2, 0.25) is 5.75 Å². The Morgan fingerprint density at radius 2 is 1.72 bits per heavy atom. The lowest BCUT2D eigenvalue weighted by Gasteiger charge is -2.14. The molecule has 1 saturated heterocycles. The molecule has 0 saturated carbocycles. The fraction of sp³-hybridized carbons (Fsp3) is 0.154. The van der Waals surface area contributed by atoms with Crippen molar-refractivity contribution < 1.29 is 37.2 Å². The van der Waals surface area contributed by atoms with Crippen LogP contribution < -0.4 is 9.47 Å². The van der Waals surface area contributed by atoms with E-state index in [-0.39, 0.29) is 29.6 Å². The lowest BCUT2D eigenvalue weighted by atomic mass is 10.1. The topological polar surface area (TPSA) is 99.0 Å². The van der Waals surface area contributed by atoms with Crippen LogP contribution in [0.1, 0.15) is 23.6 Å². The van der Waals surface area contributed by atoms with Crippen molar-refractivity contribution in [2.75, 3.05) is 6.61 Å². The maximum Gasteiger partial charge on any atom is 0.416 e. The van der Waals surface area contributed by atoms with Crippen LogP contribution >= 0.6 is 27.7 Å². The second-order valence-electron chi connectivity index (χ2n) is 8.07. The average molecular weight is 623 g/mol. The van der Waals surface area contributed by atoms with Crippen LogP contribution in [0, 0.1) is 10.1 Å². The summed E-state index contributed by atoms with van der Waals surface area (Å²) in [7, 11) is 0. The monoisotopic (exact) mass is 622 g/mol. The number of amides is 2. The van der Waals surface area contributed by atoms with E-state index in [0.29, 0.717) is 17.7 Å². The smallest absolute Gasteiger partial charge is 0.416 e. The Balaban J connectivity index is 1.59. The van der Waals surface area contributed by atoms with Gasteiger partial charge >= 0.3 is 11.9 Å². The Labute approximate surface area is 232 Å². The molecular weight excluding hydrogens is 605 g/mol. The van der Waals surface area contributed by atoms with E-state index in [9.17, 15) is 32.9 Å². The predicted octanol–water partition coefficient (Wildman–Crippen LogP) is 7.80. The van der Waals surface area contributed by atoms with Crippen molar-refractivity contribution in [1.82, 2.24) is 4.90 Å². The zero-order chi connectivity index (χ0) is 28.3. The number of hydrogen-bond acceptors (Lipinski definition) is 7. The Kier molecular flexibility index (Phi) is 8.31. The molecule has 0 aliphatic carbocycles. The summed E-state index contributed by atoms with van der Waals surface area (Å²) in [6, 6.07) is 13.6. The van der Waals surface area contributed by atoms with Crippen molar-refractivity contribution in [1.29, 1.82) is 0 Å². The molecule has 0 atom stereocenters. The van der Waals surface area contributed by atoms with Crippen LogP contribution in [0.4, 0.5) is 23.7 Å². The van der Waals surface area contributed by atoms with Crippen LogP contribution in [0.3, 0.4) is 0 Å². The predicted molar refractivity (Wildman–Crippen MR) is 141 cm³/mol. The maximum atomic E-state index is 13.0. The number of carbonyl (C=O) groups is 2. The third kappa shape index (κ3) is 6.60. The number of halogens is 4. The van der Waals surface area contributed by atoms with Gasteiger partial charge in [-0.2, -0.15) is 13.2 Å². The molecule has 13 heteroatoms. The van der Waals surface area contributed by atoms with Gasteiger partial charge in [-0.05, 0) is 72.3 Å². The molecule has 3 aromatic carbocycles. The van der Waals surface area contributed by atoms with Crippen LogP contribution in [-0.4, -0.2) is 27.6 Å². The number of thioether (sulfide) groups is 1. The summed E-state index contributed by atoms with van der Waals surface area (Å²) in [5, 5.41) is 11.0. The van der Waals surface area contributed by atoms with Gasteiger partial charge in [-0.15, -0.1) is 0 Å². The van der Waals surface area contributed by atoms with Gasteiger partial charge in [0.15, 0.2) is 11.5 Å². The molecule has 0 aromatic heterocycles. The molecule has 0 bridgehead atoms. The molecule has 0 unspecified atom stereocenters. The van der Waals surface area contributed by atoms with E-state index >= 15 is 0 Å². The van der Waals surface area contributed by atoms with Gasteiger partial charge in [-0.3, -0.25) is 24.6 Å². The van der Waals surface area contributed by atoms with Gasteiger partial charge in [0, 0.05) is 10.5 Å². The highest BCUT2D eigenvalue weighted by Gasteiger charge is 2.35. The number of alkyl halides is 3. The van der Waals surface area contributed by atoms with Gasteiger partial charge in [0.25, 0.3) is 11.1 Å². The first-order valence-electron chi connectivity index (χ1n) is 11.3. The largest absolute Gasteiger partial charge is 0.490 e. The van der Waals surface area contributed by atoms with Crippen LogP contribution in [0.2, 0.25) is 0 Å². The molecule has 1 aliphatic rings. The highest BCUT2D eigenvalue weighted by molar-refractivity contribution is 9.10. The third-order valence-corrected chi connectivity index (χ3v) is 6.83. The van der Waals surface area contributed by atoms with Crippen LogP contribution in [0.15, 0.2) is 70.0 Å². The number of ether oxygens (including phenoxy) is 2. The fourth-order valence-electron chi connectivity index (χ4n) is 3.57. The summed E-state index contributed by atoms with van der Waals surface area (Å²) in [6.07, 6.45) is -3.26. The molecule has 39 heavy (non-hydrogen) atoms. The van der Waals surface area contributed by atoms with Crippen molar-refractivity contribution in [3.05, 3.63) is 96.8 Å². The van der Waals surface area contributed by atoms with Gasteiger partial charge in [-0.1, -0.05) is 34.1 Å². The van der Waals surface area contributed by atoms with Gasteiger partial charge in [0.1, 0.15) is 0 Å². The highest BCUT2D eigenvalue weighted by atomic mass is 79.9. The number of benzene rings is 3. The molecule has 0 radical (unpaired) electrons. The zero-order valence-corrected chi connectivity index (χ0v) is 22.4. The van der Waals surface area contributed by atoms with E-state index in [0.717, 1.165) is 32.8 Å². The van der Waals surface area contributed by atoms with E-state index < -0.39 is 39.2 Å². The van der Waals surface area contributed by atoms with Crippen LogP contribution in [-0.2, 0) is 17.5 Å². The Hall–Kier alpha value is -3.84. The second kappa shape index (κ2) is 11.5. The molecule has 8 nitrogen and oxygen atoms in total. The molecule has 1 fully saturated rings. The van der Waals surface area contributed by atoms with Crippen molar-refractivity contribution in [2.24, 2.45) is 0 Å². The number of nitro benzene ring substituents is 1. The average Bonchev–Trinajstić information content (AvgIpc) is 3.13. The Morgan fingerprint density at radius 3 is 2.36 bits per heavy atom. The third-order valence-electron chi connectivity index (χ3n) is 5.40. The van der Waals surface area contributed by atoms with Crippen molar-refractivity contribution in [3.63, 3.8) is 0 Å². The van der Waals surface area contributed by atoms with Crippen molar-refractivity contribution >= 4 is 50.6 Å². The summed E-state index contributed by atoms with van der Waals surface area (Å²) in [5.41, 5.74) is -0.798. The molecule has 202 valence electrons. The number of imide groups is 1. The van der Waals surface area contributed by atoms with Crippen molar-refractivity contribution in [2.45, 2.75) is 19.6 Å². The quantitative estimate of drug-likeness (QED) is 0.143. The SMILES string of the molecule is CCOc1cc(/C=C2/SC(=O)N(Cc3ccc(Br)cc3)C2=O)ccc1Oc1ccc(C(F)(F)F)cc1[N+](=O)[O-]. The number of rotatable bonds is 8. The fourth-order valence-corrected chi connectivity index (χ4v) is 4.67. The molecule has 4 rings (SSSR count). The first-order chi connectivity index (χ1) is 18.5. The minimum absolute atomic E-state index is 0.0141. The van der Waals surface area contributed by atoms with Crippen LogP contribution in [0.25, 0.3) is 6.08 Å².